The number of nitrogens with zero attached hydrogens (tertiary/aromatic N) is 3. The van der Waals surface area contributed by atoms with Gasteiger partial charge in [-0.05, 0) is 19.3 Å². The molecule has 2 fully saturated rings. The first kappa shape index (κ1) is 26.0. The molecule has 2 saturated heterocycles. The van der Waals surface area contributed by atoms with Crippen molar-refractivity contribution in [2.75, 3.05) is 71.8 Å². The fourth-order valence-electron chi connectivity index (χ4n) is 3.99. The normalized spacial score (nSPS) is 20.8. The summed E-state index contributed by atoms with van der Waals surface area (Å²) in [5.74, 6) is 0.0719. The Balaban J connectivity index is 1.40. The lowest BCUT2D eigenvalue weighted by molar-refractivity contribution is -0.137. The number of rotatable bonds is 11. The van der Waals surface area contributed by atoms with Crippen LogP contribution < -0.4 is 0 Å². The largest absolute Gasteiger partial charge is 0.382 e. The molecule has 186 valence electrons. The quantitative estimate of drug-likeness (QED) is 0.407. The minimum absolute atomic E-state index is 0.0171. The van der Waals surface area contributed by atoms with Crippen molar-refractivity contribution < 1.29 is 32.2 Å². The van der Waals surface area contributed by atoms with Gasteiger partial charge in [0.05, 0.1) is 42.9 Å². The molecule has 3 heterocycles. The maximum Gasteiger partial charge on any atom is 0.273 e. The molecule has 0 saturated carbocycles. The number of methoxy groups -OCH3 is 1. The molecule has 1 aromatic heterocycles. The molecule has 2 aliphatic heterocycles. The summed E-state index contributed by atoms with van der Waals surface area (Å²) in [5, 5.41) is 2.64. The molecule has 1 aromatic rings. The first-order valence-corrected chi connectivity index (χ1v) is 13.9. The minimum Gasteiger partial charge on any atom is -0.382 e. The summed E-state index contributed by atoms with van der Waals surface area (Å²) in [5.41, 5.74) is 0.362. The zero-order valence-corrected chi connectivity index (χ0v) is 20.9. The Bertz CT molecular complexity index is 897. The second-order valence-corrected chi connectivity index (χ2v) is 11.5. The minimum atomic E-state index is -3.06. The molecule has 0 N–H and O–H groups in total. The van der Waals surface area contributed by atoms with Crippen molar-refractivity contribution in [1.29, 1.82) is 0 Å². The molecule has 0 radical (unpaired) electrons. The lowest BCUT2D eigenvalue weighted by atomic mass is 9.97. The predicted octanol–water partition coefficient (Wildman–Crippen LogP) is 0.788. The summed E-state index contributed by atoms with van der Waals surface area (Å²) >= 11 is 1.45. The molecule has 3 rings (SSSR count). The number of aromatic nitrogens is 1. The van der Waals surface area contributed by atoms with Crippen molar-refractivity contribution in [3.8, 4) is 0 Å². The van der Waals surface area contributed by atoms with Crippen molar-refractivity contribution in [1.82, 2.24) is 14.8 Å². The van der Waals surface area contributed by atoms with Crippen LogP contribution in [0.3, 0.4) is 0 Å². The van der Waals surface area contributed by atoms with Gasteiger partial charge in [0.15, 0.2) is 9.84 Å². The Morgan fingerprint density at radius 1 is 1.15 bits per heavy atom. The highest BCUT2D eigenvalue weighted by Gasteiger charge is 2.34. The van der Waals surface area contributed by atoms with Crippen molar-refractivity contribution in [2.24, 2.45) is 0 Å². The number of likely N-dealkylation sites (tertiary alicyclic amines) is 1. The first-order valence-electron chi connectivity index (χ1n) is 11.2. The number of sulfone groups is 1. The zero-order valence-electron chi connectivity index (χ0n) is 19.2. The van der Waals surface area contributed by atoms with E-state index >= 15 is 0 Å². The standard InChI is InChI=1S/C21H33N3O7S2/c1-23(17-5-12-33(27,28)15-17)21(26)18-14-32-20(22-18)16-3-6-24(7-4-16)19(25)13-31-11-10-30-9-8-29-2/h14,16-17H,3-13,15H2,1-2H3. The van der Waals surface area contributed by atoms with Crippen molar-refractivity contribution >= 4 is 33.0 Å². The van der Waals surface area contributed by atoms with Crippen LogP contribution in [-0.2, 0) is 28.8 Å². The van der Waals surface area contributed by atoms with Crippen molar-refractivity contribution in [2.45, 2.75) is 31.2 Å². The molecule has 12 heteroatoms. The zero-order chi connectivity index (χ0) is 23.8. The van der Waals surface area contributed by atoms with E-state index in [9.17, 15) is 18.0 Å². The van der Waals surface area contributed by atoms with Gasteiger partial charge in [0, 0.05) is 44.6 Å². The van der Waals surface area contributed by atoms with E-state index in [1.54, 1.807) is 24.4 Å². The number of carbonyl (C=O) groups excluding carboxylic acids is 2. The third-order valence-electron chi connectivity index (χ3n) is 6.04. The predicted molar refractivity (Wildman–Crippen MR) is 123 cm³/mol. The molecule has 2 aliphatic rings. The molecular weight excluding hydrogens is 470 g/mol. The van der Waals surface area contributed by atoms with E-state index in [0.717, 1.165) is 17.8 Å². The van der Waals surface area contributed by atoms with Gasteiger partial charge < -0.3 is 24.0 Å². The average Bonchev–Trinajstić information content (AvgIpc) is 3.44. The van der Waals surface area contributed by atoms with Crippen LogP contribution in [0.4, 0.5) is 0 Å². The fraction of sp³-hybridized carbons (Fsp3) is 0.762. The Morgan fingerprint density at radius 2 is 1.85 bits per heavy atom. The monoisotopic (exact) mass is 503 g/mol. The van der Waals surface area contributed by atoms with Gasteiger partial charge in [-0.3, -0.25) is 9.59 Å². The Morgan fingerprint density at radius 3 is 2.52 bits per heavy atom. The van der Waals surface area contributed by atoms with Crippen molar-refractivity contribution in [3.05, 3.63) is 16.1 Å². The molecule has 0 aromatic carbocycles. The van der Waals surface area contributed by atoms with Gasteiger partial charge in [0.1, 0.15) is 12.3 Å². The van der Waals surface area contributed by atoms with Crippen LogP contribution in [0, 0.1) is 0 Å². The molecule has 1 atom stereocenters. The molecule has 0 aliphatic carbocycles. The van der Waals surface area contributed by atoms with E-state index in [0.29, 0.717) is 51.6 Å². The molecule has 0 spiro atoms. The maximum absolute atomic E-state index is 12.8. The second-order valence-electron chi connectivity index (χ2n) is 8.36. The SMILES string of the molecule is COCCOCCOCC(=O)N1CCC(c2nc(C(=O)N(C)C3CCS(=O)(=O)C3)cs2)CC1. The van der Waals surface area contributed by atoms with Crippen LogP contribution in [-0.4, -0.2) is 113 Å². The molecular formula is C21H33N3O7S2. The highest BCUT2D eigenvalue weighted by atomic mass is 32.2. The van der Waals surface area contributed by atoms with Crippen LogP contribution in [0.15, 0.2) is 5.38 Å². The van der Waals surface area contributed by atoms with Crippen LogP contribution in [0.25, 0.3) is 0 Å². The van der Waals surface area contributed by atoms with Crippen LogP contribution >= 0.6 is 11.3 Å². The summed E-state index contributed by atoms with van der Waals surface area (Å²) in [6.07, 6.45) is 2.03. The smallest absolute Gasteiger partial charge is 0.273 e. The van der Waals surface area contributed by atoms with E-state index in [2.05, 4.69) is 4.98 Å². The van der Waals surface area contributed by atoms with E-state index in [-0.39, 0.29) is 41.9 Å². The third kappa shape index (κ3) is 7.44. The molecule has 0 bridgehead atoms. The number of piperidine rings is 1. The van der Waals surface area contributed by atoms with Crippen LogP contribution in [0.5, 0.6) is 0 Å². The summed E-state index contributed by atoms with van der Waals surface area (Å²) in [6.45, 7) is 3.12. The van der Waals surface area contributed by atoms with Gasteiger partial charge in [0.25, 0.3) is 5.91 Å². The molecule has 2 amide bonds. The van der Waals surface area contributed by atoms with Gasteiger partial charge in [-0.1, -0.05) is 0 Å². The summed E-state index contributed by atoms with van der Waals surface area (Å²) in [4.78, 5) is 33.0. The number of carbonyl (C=O) groups is 2. The number of thiazole rings is 1. The van der Waals surface area contributed by atoms with Gasteiger partial charge in [0.2, 0.25) is 5.91 Å². The van der Waals surface area contributed by atoms with E-state index in [1.165, 1.54) is 16.2 Å². The Labute approximate surface area is 199 Å². The summed E-state index contributed by atoms with van der Waals surface area (Å²) in [6, 6.07) is -0.291. The van der Waals surface area contributed by atoms with Gasteiger partial charge >= 0.3 is 0 Å². The van der Waals surface area contributed by atoms with Gasteiger partial charge in [-0.25, -0.2) is 13.4 Å². The average molecular weight is 504 g/mol. The topological polar surface area (TPSA) is 115 Å². The highest BCUT2D eigenvalue weighted by Crippen LogP contribution is 2.31. The second kappa shape index (κ2) is 12.2. The number of ether oxygens (including phenoxy) is 3. The van der Waals surface area contributed by atoms with Gasteiger partial charge in [-0.2, -0.15) is 0 Å². The van der Waals surface area contributed by atoms with Gasteiger partial charge in [-0.15, -0.1) is 11.3 Å². The molecule has 33 heavy (non-hydrogen) atoms. The van der Waals surface area contributed by atoms with E-state index in [1.807, 2.05) is 0 Å². The van der Waals surface area contributed by atoms with E-state index < -0.39 is 9.84 Å². The molecule has 1 unspecified atom stereocenters. The van der Waals surface area contributed by atoms with Crippen LogP contribution in [0.2, 0.25) is 0 Å². The molecule has 10 nitrogen and oxygen atoms in total. The fourth-order valence-corrected chi connectivity index (χ4v) is 6.73. The Hall–Kier alpha value is -1.60. The Kier molecular flexibility index (Phi) is 9.62. The third-order valence-corrected chi connectivity index (χ3v) is 8.80. The lowest BCUT2D eigenvalue weighted by Crippen LogP contribution is -2.40. The van der Waals surface area contributed by atoms with E-state index in [4.69, 9.17) is 14.2 Å². The number of amides is 2. The lowest BCUT2D eigenvalue weighted by Gasteiger charge is -2.31. The summed E-state index contributed by atoms with van der Waals surface area (Å²) in [7, 11) is 0.199. The van der Waals surface area contributed by atoms with Crippen LogP contribution in [0.1, 0.15) is 40.7 Å². The number of hydrogen-bond donors (Lipinski definition) is 0. The van der Waals surface area contributed by atoms with Crippen molar-refractivity contribution in [3.63, 3.8) is 0 Å². The first-order chi connectivity index (χ1) is 15.8. The summed E-state index contributed by atoms with van der Waals surface area (Å²) < 4.78 is 39.0. The highest BCUT2D eigenvalue weighted by molar-refractivity contribution is 7.91. The number of hydrogen-bond acceptors (Lipinski definition) is 9. The maximum atomic E-state index is 12.8.